The maximum atomic E-state index is 12.7. The number of fused-ring (bicyclic) bond motifs is 2. The van der Waals surface area contributed by atoms with Gasteiger partial charge in [-0.25, -0.2) is 14.3 Å². The van der Waals surface area contributed by atoms with Crippen LogP contribution in [0.5, 0.6) is 0 Å². The van der Waals surface area contributed by atoms with Crippen molar-refractivity contribution in [3.05, 3.63) is 44.1 Å². The molecule has 0 radical (unpaired) electrons. The number of aryl methyl sites for hydroxylation is 2. The Morgan fingerprint density at radius 1 is 1.03 bits per heavy atom. The molecule has 2 aliphatic heterocycles. The normalized spacial score (nSPS) is 15.4. The van der Waals surface area contributed by atoms with E-state index in [9.17, 15) is 39.3 Å². The summed E-state index contributed by atoms with van der Waals surface area (Å²) in [4.78, 5) is 51.3. The first-order valence-corrected chi connectivity index (χ1v) is 10.6. The number of hydrogen-bond donors (Lipinski definition) is 6. The van der Waals surface area contributed by atoms with Crippen LogP contribution >= 0.6 is 7.75 Å². The molecule has 2 heterocycles. The highest BCUT2D eigenvalue weighted by atomic mass is 31.2. The van der Waals surface area contributed by atoms with Gasteiger partial charge in [0.1, 0.15) is 18.3 Å². The second-order valence-corrected chi connectivity index (χ2v) is 8.58. The van der Waals surface area contributed by atoms with Crippen LogP contribution in [0.2, 0.25) is 0 Å². The van der Waals surface area contributed by atoms with Gasteiger partial charge in [-0.15, -0.1) is 0 Å². The third-order valence-electron chi connectivity index (χ3n) is 4.96. The van der Waals surface area contributed by atoms with Crippen molar-refractivity contribution in [2.75, 3.05) is 6.61 Å². The first kappa shape index (κ1) is 23.2. The van der Waals surface area contributed by atoms with Gasteiger partial charge in [0.15, 0.2) is 11.5 Å². The molecule has 0 saturated heterocycles. The summed E-state index contributed by atoms with van der Waals surface area (Å²) in [5.41, 5.74) is -1.35. The Balaban J connectivity index is 2.39. The van der Waals surface area contributed by atoms with Crippen LogP contribution in [-0.2, 0) is 11.1 Å². The van der Waals surface area contributed by atoms with Gasteiger partial charge in [0.05, 0.1) is 24.2 Å². The van der Waals surface area contributed by atoms with Crippen LogP contribution in [0.3, 0.4) is 0 Å². The minimum atomic E-state index is -5.32. The van der Waals surface area contributed by atoms with Crippen LogP contribution < -0.4 is 11.2 Å². The maximum Gasteiger partial charge on any atom is 0.441 e. The minimum Gasteiger partial charge on any atom is -0.394 e. The summed E-state index contributed by atoms with van der Waals surface area (Å²) in [6.07, 6.45) is -5.10. The topological polar surface area (TPSA) is 208 Å². The number of aliphatic hydroxyl groups is 4. The molecule has 0 fully saturated rings. The Labute approximate surface area is 174 Å². The van der Waals surface area contributed by atoms with E-state index in [1.807, 2.05) is 0 Å². The SMILES string of the molecule is Cc1cc2nc3c(=O)n(P(=O)(O)O)c(=O)nc-3n(CC(O)C(O)C(O)CO)c2cc1C. The van der Waals surface area contributed by atoms with Crippen molar-refractivity contribution in [1.82, 2.24) is 18.9 Å². The van der Waals surface area contributed by atoms with Crippen LogP contribution in [0.15, 0.2) is 21.7 Å². The monoisotopic (exact) mass is 456 g/mol. The molecule has 3 atom stereocenters. The zero-order valence-corrected chi connectivity index (χ0v) is 17.3. The summed E-state index contributed by atoms with van der Waals surface area (Å²) >= 11 is 0. The fourth-order valence-electron chi connectivity index (χ4n) is 3.16. The molecule has 3 rings (SSSR count). The Morgan fingerprint density at radius 3 is 2.23 bits per heavy atom. The number of nitrogens with zero attached hydrogens (tertiary/aromatic N) is 4. The summed E-state index contributed by atoms with van der Waals surface area (Å²) in [6.45, 7) is 2.24. The van der Waals surface area contributed by atoms with E-state index in [2.05, 4.69) is 9.97 Å². The molecule has 0 aromatic heterocycles. The van der Waals surface area contributed by atoms with Gasteiger partial charge in [-0.2, -0.15) is 9.32 Å². The molecule has 2 aliphatic rings. The van der Waals surface area contributed by atoms with E-state index in [0.29, 0.717) is 5.52 Å². The molecule has 0 amide bonds. The molecular formula is C17H21N4O9P. The fourth-order valence-corrected chi connectivity index (χ4v) is 3.76. The average Bonchev–Trinajstić information content (AvgIpc) is 2.67. The van der Waals surface area contributed by atoms with E-state index in [4.69, 9.17) is 5.11 Å². The van der Waals surface area contributed by atoms with Crippen LogP contribution in [0.1, 0.15) is 11.1 Å². The van der Waals surface area contributed by atoms with E-state index in [-0.39, 0.29) is 15.7 Å². The number of benzene rings is 1. The highest BCUT2D eigenvalue weighted by Gasteiger charge is 2.31. The standard InChI is InChI=1S/C17H21N4O9P/c1-7-3-9-10(4-8(7)2)20(5-11(23)14(25)12(24)6-22)15-13(18-9)16(26)21(17(27)19-15)31(28,29)30/h3-4,11-12,14,22-25H,5-6H2,1-2H3,(H2,28,29,30). The molecule has 0 aliphatic carbocycles. The van der Waals surface area contributed by atoms with Gasteiger partial charge in [-0.1, -0.05) is 0 Å². The number of aliphatic hydroxyl groups excluding tert-OH is 4. The highest BCUT2D eigenvalue weighted by molar-refractivity contribution is 7.50. The molecule has 0 bridgehead atoms. The lowest BCUT2D eigenvalue weighted by Crippen LogP contribution is -2.43. The van der Waals surface area contributed by atoms with Gasteiger partial charge in [0.25, 0.3) is 5.56 Å². The highest BCUT2D eigenvalue weighted by Crippen LogP contribution is 2.33. The van der Waals surface area contributed by atoms with Gasteiger partial charge in [0.2, 0.25) is 0 Å². The number of aromatic nitrogens is 4. The Hall–Kier alpha value is -2.51. The molecule has 14 heteroatoms. The van der Waals surface area contributed by atoms with Gasteiger partial charge in [-0.3, -0.25) is 4.79 Å². The second kappa shape index (κ2) is 8.20. The molecule has 1 aromatic carbocycles. The van der Waals surface area contributed by atoms with Crippen LogP contribution in [0.25, 0.3) is 22.6 Å². The molecule has 0 saturated carbocycles. The second-order valence-electron chi connectivity index (χ2n) is 7.15. The van der Waals surface area contributed by atoms with Gasteiger partial charge < -0.3 is 34.8 Å². The smallest absolute Gasteiger partial charge is 0.394 e. The fraction of sp³-hybridized carbons (Fsp3) is 0.412. The van der Waals surface area contributed by atoms with Gasteiger partial charge >= 0.3 is 13.4 Å². The maximum absolute atomic E-state index is 12.7. The molecule has 3 unspecified atom stereocenters. The van der Waals surface area contributed by atoms with Crippen molar-refractivity contribution in [3.8, 4) is 11.5 Å². The molecular weight excluding hydrogens is 435 g/mol. The van der Waals surface area contributed by atoms with Crippen molar-refractivity contribution in [3.63, 3.8) is 0 Å². The number of rotatable bonds is 6. The van der Waals surface area contributed by atoms with Crippen LogP contribution in [0, 0.1) is 13.8 Å². The summed E-state index contributed by atoms with van der Waals surface area (Å²) in [5.74, 6) is -0.375. The predicted molar refractivity (Wildman–Crippen MR) is 107 cm³/mol. The first-order valence-electron chi connectivity index (χ1n) is 9.02. The summed E-state index contributed by atoms with van der Waals surface area (Å²) in [6, 6.07) is 3.23. The average molecular weight is 456 g/mol. The van der Waals surface area contributed by atoms with E-state index < -0.39 is 56.2 Å². The van der Waals surface area contributed by atoms with Crippen molar-refractivity contribution in [2.45, 2.75) is 38.7 Å². The molecule has 1 aromatic rings. The zero-order valence-electron chi connectivity index (χ0n) is 16.4. The van der Waals surface area contributed by atoms with E-state index in [1.54, 1.807) is 26.0 Å². The van der Waals surface area contributed by atoms with E-state index in [0.717, 1.165) is 11.1 Å². The minimum absolute atomic E-state index is 0.204. The predicted octanol–water partition coefficient (Wildman–Crippen LogP) is -2.31. The van der Waals surface area contributed by atoms with Crippen molar-refractivity contribution in [1.29, 1.82) is 0 Å². The Morgan fingerprint density at radius 2 is 1.65 bits per heavy atom. The van der Waals surface area contributed by atoms with Crippen molar-refractivity contribution < 1.29 is 34.8 Å². The lowest BCUT2D eigenvalue weighted by molar-refractivity contribution is -0.0802. The lowest BCUT2D eigenvalue weighted by Gasteiger charge is -2.25. The first-order chi connectivity index (χ1) is 14.4. The quantitative estimate of drug-likeness (QED) is 0.171. The van der Waals surface area contributed by atoms with Gasteiger partial charge in [-0.05, 0) is 37.1 Å². The van der Waals surface area contributed by atoms with E-state index in [1.165, 1.54) is 4.57 Å². The van der Waals surface area contributed by atoms with Crippen LogP contribution in [0.4, 0.5) is 0 Å². The Kier molecular flexibility index (Phi) is 6.13. The number of hydrogen-bond acceptors (Lipinski definition) is 9. The molecule has 6 N–H and O–H groups in total. The molecule has 13 nitrogen and oxygen atoms in total. The summed E-state index contributed by atoms with van der Waals surface area (Å²) < 4.78 is 12.5. The van der Waals surface area contributed by atoms with Crippen molar-refractivity contribution in [2.24, 2.45) is 0 Å². The molecule has 168 valence electrons. The zero-order chi connectivity index (χ0) is 23.2. The summed E-state index contributed by atoms with van der Waals surface area (Å²) in [5, 5.41) is 39.0. The molecule has 31 heavy (non-hydrogen) atoms. The third kappa shape index (κ3) is 4.16. The molecule has 0 spiro atoms. The largest absolute Gasteiger partial charge is 0.441 e. The third-order valence-corrected chi connectivity index (χ3v) is 5.84. The van der Waals surface area contributed by atoms with Crippen molar-refractivity contribution >= 4 is 18.8 Å². The Bertz CT molecular complexity index is 1280. The van der Waals surface area contributed by atoms with Crippen LogP contribution in [-0.4, -0.2) is 74.0 Å². The van der Waals surface area contributed by atoms with Gasteiger partial charge in [0, 0.05) is 0 Å². The lowest BCUT2D eigenvalue weighted by atomic mass is 10.1. The van der Waals surface area contributed by atoms with E-state index >= 15 is 0 Å². The summed E-state index contributed by atoms with van der Waals surface area (Å²) in [7, 11) is -5.32.